The van der Waals surface area contributed by atoms with E-state index in [0.29, 0.717) is 17.0 Å². The largest absolute Gasteiger partial charge is 0.488 e. The third-order valence-electron chi connectivity index (χ3n) is 4.47. The predicted molar refractivity (Wildman–Crippen MR) is 89.9 cm³/mol. The van der Waals surface area contributed by atoms with Crippen LogP contribution in [0.4, 0.5) is 4.39 Å². The third kappa shape index (κ3) is 3.77. The van der Waals surface area contributed by atoms with Crippen LogP contribution < -0.4 is 10.5 Å². The molecule has 1 heterocycles. The van der Waals surface area contributed by atoms with Crippen LogP contribution in [0.25, 0.3) is 11.3 Å². The first-order chi connectivity index (χ1) is 12.1. The third-order valence-corrected chi connectivity index (χ3v) is 4.47. The Morgan fingerprint density at radius 3 is 2.76 bits per heavy atom. The maximum atomic E-state index is 13.2. The SMILES string of the molecule is N#Cc1cc(F)ccc1-c1ccc(O[C@@H]2CCCC[C@@H]2C(N)=O)cn1. The number of rotatable bonds is 4. The Morgan fingerprint density at radius 2 is 2.08 bits per heavy atom. The van der Waals surface area contributed by atoms with Gasteiger partial charge in [0.15, 0.2) is 0 Å². The minimum Gasteiger partial charge on any atom is -0.488 e. The summed E-state index contributed by atoms with van der Waals surface area (Å²) in [5.41, 5.74) is 6.80. The lowest BCUT2D eigenvalue weighted by molar-refractivity contribution is -0.126. The zero-order valence-corrected chi connectivity index (χ0v) is 13.6. The lowest BCUT2D eigenvalue weighted by Gasteiger charge is -2.29. The number of primary amides is 1. The van der Waals surface area contributed by atoms with E-state index in [4.69, 9.17) is 15.7 Å². The number of nitrogens with two attached hydrogens (primary N) is 1. The average Bonchev–Trinajstić information content (AvgIpc) is 2.62. The normalized spacial score (nSPS) is 19.8. The van der Waals surface area contributed by atoms with Gasteiger partial charge in [-0.2, -0.15) is 5.26 Å². The van der Waals surface area contributed by atoms with Crippen molar-refractivity contribution in [3.05, 3.63) is 47.9 Å². The maximum absolute atomic E-state index is 13.2. The quantitative estimate of drug-likeness (QED) is 0.926. The van der Waals surface area contributed by atoms with E-state index >= 15 is 0 Å². The van der Waals surface area contributed by atoms with Crippen molar-refractivity contribution in [3.63, 3.8) is 0 Å². The number of benzene rings is 1. The van der Waals surface area contributed by atoms with Crippen molar-refractivity contribution in [2.24, 2.45) is 11.7 Å². The van der Waals surface area contributed by atoms with Crippen LogP contribution in [-0.4, -0.2) is 17.0 Å². The lowest BCUT2D eigenvalue weighted by atomic mass is 9.86. The highest BCUT2D eigenvalue weighted by molar-refractivity contribution is 5.77. The molecule has 2 atom stereocenters. The van der Waals surface area contributed by atoms with Crippen molar-refractivity contribution in [1.82, 2.24) is 4.98 Å². The van der Waals surface area contributed by atoms with E-state index < -0.39 is 5.82 Å². The molecule has 0 bridgehead atoms. The first-order valence-corrected chi connectivity index (χ1v) is 8.20. The predicted octanol–water partition coefficient (Wildman–Crippen LogP) is 3.18. The van der Waals surface area contributed by atoms with Crippen LogP contribution >= 0.6 is 0 Å². The van der Waals surface area contributed by atoms with Gasteiger partial charge in [0.25, 0.3) is 0 Å². The first kappa shape index (κ1) is 16.9. The van der Waals surface area contributed by atoms with Crippen LogP contribution in [0.15, 0.2) is 36.5 Å². The molecule has 0 radical (unpaired) electrons. The van der Waals surface area contributed by atoms with Gasteiger partial charge in [0.2, 0.25) is 5.91 Å². The summed E-state index contributed by atoms with van der Waals surface area (Å²) in [4.78, 5) is 15.9. The monoisotopic (exact) mass is 339 g/mol. The molecule has 0 unspecified atom stereocenters. The highest BCUT2D eigenvalue weighted by atomic mass is 19.1. The van der Waals surface area contributed by atoms with Crippen LogP contribution in [-0.2, 0) is 4.79 Å². The van der Waals surface area contributed by atoms with Gasteiger partial charge < -0.3 is 10.5 Å². The molecule has 1 amide bonds. The number of hydrogen-bond donors (Lipinski definition) is 1. The topological polar surface area (TPSA) is 89.0 Å². The minimum atomic E-state index is -0.463. The van der Waals surface area contributed by atoms with Gasteiger partial charge in [0.05, 0.1) is 29.4 Å². The second kappa shape index (κ2) is 7.31. The first-order valence-electron chi connectivity index (χ1n) is 8.20. The standard InChI is InChI=1S/C19H18FN3O2/c20-13-5-7-15(12(9-13)10-21)17-8-6-14(11-23-17)25-18-4-2-1-3-16(18)19(22)24/h5-9,11,16,18H,1-4H2,(H2,22,24)/t16-,18+/m0/s1. The van der Waals surface area contributed by atoms with Gasteiger partial charge in [-0.15, -0.1) is 0 Å². The summed E-state index contributed by atoms with van der Waals surface area (Å²) in [5.74, 6) is -0.535. The second-order valence-corrected chi connectivity index (χ2v) is 6.13. The number of carbonyl (C=O) groups excluding carboxylic acids is 1. The number of amides is 1. The Labute approximate surface area is 145 Å². The van der Waals surface area contributed by atoms with Gasteiger partial charge in [-0.25, -0.2) is 4.39 Å². The number of halogens is 1. The van der Waals surface area contributed by atoms with E-state index in [0.717, 1.165) is 25.7 Å². The van der Waals surface area contributed by atoms with Crippen molar-refractivity contribution in [2.45, 2.75) is 31.8 Å². The number of carbonyl (C=O) groups is 1. The molecule has 1 aromatic heterocycles. The van der Waals surface area contributed by atoms with Crippen LogP contribution in [0, 0.1) is 23.1 Å². The van der Waals surface area contributed by atoms with E-state index in [9.17, 15) is 9.18 Å². The fraction of sp³-hybridized carbons (Fsp3) is 0.316. The Hall–Kier alpha value is -2.94. The number of ether oxygens (including phenoxy) is 1. The van der Waals surface area contributed by atoms with E-state index in [1.165, 1.54) is 18.2 Å². The van der Waals surface area contributed by atoms with Crippen molar-refractivity contribution in [2.75, 3.05) is 0 Å². The molecule has 25 heavy (non-hydrogen) atoms. The van der Waals surface area contributed by atoms with Crippen molar-refractivity contribution >= 4 is 5.91 Å². The number of pyridine rings is 1. The summed E-state index contributed by atoms with van der Waals surface area (Å²) < 4.78 is 19.2. The summed E-state index contributed by atoms with van der Waals surface area (Å²) >= 11 is 0. The molecule has 2 aromatic rings. The maximum Gasteiger partial charge on any atom is 0.224 e. The smallest absolute Gasteiger partial charge is 0.224 e. The van der Waals surface area contributed by atoms with Gasteiger partial charge in [-0.1, -0.05) is 6.42 Å². The summed E-state index contributed by atoms with van der Waals surface area (Å²) in [6.07, 6.45) is 4.82. The van der Waals surface area contributed by atoms with Gasteiger partial charge >= 0.3 is 0 Å². The molecule has 1 aliphatic rings. The summed E-state index contributed by atoms with van der Waals surface area (Å²) in [6.45, 7) is 0. The number of hydrogen-bond acceptors (Lipinski definition) is 4. The van der Waals surface area contributed by atoms with Gasteiger partial charge in [0.1, 0.15) is 17.7 Å². The van der Waals surface area contributed by atoms with Crippen LogP contribution in [0.2, 0.25) is 0 Å². The highest BCUT2D eigenvalue weighted by Crippen LogP contribution is 2.29. The average molecular weight is 339 g/mol. The van der Waals surface area contributed by atoms with Gasteiger partial charge in [0, 0.05) is 5.56 Å². The van der Waals surface area contributed by atoms with Crippen LogP contribution in [0.3, 0.4) is 0 Å². The molecule has 3 rings (SSSR count). The molecule has 2 N–H and O–H groups in total. The summed E-state index contributed by atoms with van der Waals surface area (Å²) in [6, 6.07) is 9.42. The molecule has 1 aromatic carbocycles. The molecule has 5 nitrogen and oxygen atoms in total. The van der Waals surface area contributed by atoms with Crippen molar-refractivity contribution < 1.29 is 13.9 Å². The molecule has 0 spiro atoms. The molecule has 1 saturated carbocycles. The van der Waals surface area contributed by atoms with Crippen molar-refractivity contribution in [1.29, 1.82) is 5.26 Å². The Kier molecular flexibility index (Phi) is 4.94. The molecule has 1 aliphatic carbocycles. The Balaban J connectivity index is 1.79. The van der Waals surface area contributed by atoms with Crippen LogP contribution in [0.5, 0.6) is 5.75 Å². The van der Waals surface area contributed by atoms with E-state index in [1.807, 2.05) is 6.07 Å². The number of aromatic nitrogens is 1. The van der Waals surface area contributed by atoms with Gasteiger partial charge in [-0.3, -0.25) is 9.78 Å². The molecule has 6 heteroatoms. The fourth-order valence-corrected chi connectivity index (χ4v) is 3.18. The molecule has 1 fully saturated rings. The van der Waals surface area contributed by atoms with E-state index in [-0.39, 0.29) is 23.5 Å². The fourth-order valence-electron chi connectivity index (χ4n) is 3.18. The number of nitrogens with zero attached hydrogens (tertiary/aromatic N) is 2. The molecule has 128 valence electrons. The van der Waals surface area contributed by atoms with Crippen molar-refractivity contribution in [3.8, 4) is 23.1 Å². The lowest BCUT2D eigenvalue weighted by Crippen LogP contribution is -2.39. The number of nitriles is 1. The Bertz CT molecular complexity index is 814. The highest BCUT2D eigenvalue weighted by Gasteiger charge is 2.31. The van der Waals surface area contributed by atoms with E-state index in [1.54, 1.807) is 18.3 Å². The molecule has 0 saturated heterocycles. The summed E-state index contributed by atoms with van der Waals surface area (Å²) in [5, 5.41) is 9.14. The zero-order chi connectivity index (χ0) is 17.8. The second-order valence-electron chi connectivity index (χ2n) is 6.13. The molecule has 0 aliphatic heterocycles. The molecular formula is C19H18FN3O2. The minimum absolute atomic E-state index is 0.224. The zero-order valence-electron chi connectivity index (χ0n) is 13.6. The molecular weight excluding hydrogens is 321 g/mol. The van der Waals surface area contributed by atoms with Crippen LogP contribution in [0.1, 0.15) is 31.2 Å². The summed E-state index contributed by atoms with van der Waals surface area (Å²) in [7, 11) is 0. The van der Waals surface area contributed by atoms with Gasteiger partial charge in [-0.05, 0) is 49.6 Å². The van der Waals surface area contributed by atoms with E-state index in [2.05, 4.69) is 4.98 Å². The Morgan fingerprint density at radius 1 is 1.28 bits per heavy atom.